The number of aromatic nitrogens is 5. The van der Waals surface area contributed by atoms with Gasteiger partial charge in [0.15, 0.2) is 17.2 Å². The van der Waals surface area contributed by atoms with Crippen LogP contribution in [0.5, 0.6) is 11.5 Å². The van der Waals surface area contributed by atoms with Crippen LogP contribution in [0.4, 0.5) is 5.82 Å². The van der Waals surface area contributed by atoms with E-state index in [-0.39, 0.29) is 29.8 Å². The van der Waals surface area contributed by atoms with Crippen LogP contribution in [0.1, 0.15) is 28.5 Å². The number of hydrogen-bond donors (Lipinski definition) is 2. The molecule has 5 rings (SSSR count). The van der Waals surface area contributed by atoms with Crippen LogP contribution < -0.4 is 20.6 Å². The van der Waals surface area contributed by atoms with Gasteiger partial charge in [-0.05, 0) is 53.1 Å². The number of hydrazone groups is 1. The Bertz CT molecular complexity index is 1460. The van der Waals surface area contributed by atoms with E-state index in [2.05, 4.69) is 41.9 Å². The molecule has 13 nitrogen and oxygen atoms in total. The highest BCUT2D eigenvalue weighted by molar-refractivity contribution is 6.02. The van der Waals surface area contributed by atoms with Crippen molar-refractivity contribution in [2.45, 2.75) is 6.92 Å². The number of fused-ring (bicyclic) bond motifs is 1. The predicted molar refractivity (Wildman–Crippen MR) is 116 cm³/mol. The van der Waals surface area contributed by atoms with Crippen molar-refractivity contribution in [1.29, 1.82) is 5.26 Å². The minimum Gasteiger partial charge on any atom is -0.454 e. The fourth-order valence-corrected chi connectivity index (χ4v) is 3.26. The average molecular weight is 457 g/mol. The van der Waals surface area contributed by atoms with E-state index in [4.69, 9.17) is 20.5 Å². The molecule has 1 aliphatic rings. The minimum absolute atomic E-state index is 0.0338. The van der Waals surface area contributed by atoms with Gasteiger partial charge in [-0.15, -0.1) is 5.10 Å². The van der Waals surface area contributed by atoms with E-state index in [0.29, 0.717) is 28.3 Å². The molecule has 13 heteroatoms. The first-order chi connectivity index (χ1) is 16.5. The zero-order valence-electron chi connectivity index (χ0n) is 17.6. The number of anilines is 1. The molecule has 0 fully saturated rings. The Hall–Kier alpha value is -5.25. The Kier molecular flexibility index (Phi) is 5.07. The summed E-state index contributed by atoms with van der Waals surface area (Å²) >= 11 is 0. The second kappa shape index (κ2) is 8.36. The Morgan fingerprint density at radius 1 is 1.18 bits per heavy atom. The Balaban J connectivity index is 1.51. The number of benzene rings is 2. The van der Waals surface area contributed by atoms with Crippen LogP contribution in [-0.4, -0.2) is 43.7 Å². The zero-order valence-corrected chi connectivity index (χ0v) is 17.6. The third kappa shape index (κ3) is 3.65. The van der Waals surface area contributed by atoms with E-state index in [1.165, 1.54) is 4.68 Å². The van der Waals surface area contributed by atoms with Gasteiger partial charge in [0.1, 0.15) is 5.69 Å². The second-order valence-corrected chi connectivity index (χ2v) is 7.07. The number of nitrogens with two attached hydrogens (primary N) is 1. The van der Waals surface area contributed by atoms with E-state index in [1.54, 1.807) is 49.4 Å². The molecular weight excluding hydrogens is 442 g/mol. The molecule has 0 saturated carbocycles. The van der Waals surface area contributed by atoms with Crippen molar-refractivity contribution in [3.63, 3.8) is 0 Å². The van der Waals surface area contributed by atoms with Crippen LogP contribution in [0.2, 0.25) is 0 Å². The van der Waals surface area contributed by atoms with Crippen molar-refractivity contribution in [2.75, 3.05) is 12.5 Å². The molecule has 34 heavy (non-hydrogen) atoms. The Morgan fingerprint density at radius 2 is 1.97 bits per heavy atom. The summed E-state index contributed by atoms with van der Waals surface area (Å²) < 4.78 is 16.7. The van der Waals surface area contributed by atoms with Crippen molar-refractivity contribution in [3.05, 3.63) is 59.3 Å². The smallest absolute Gasteiger partial charge is 0.294 e. The number of hydrogen-bond acceptors (Lipinski definition) is 11. The third-order valence-corrected chi connectivity index (χ3v) is 4.98. The lowest BCUT2D eigenvalue weighted by Gasteiger charge is -2.07. The maximum atomic E-state index is 13.1. The van der Waals surface area contributed by atoms with E-state index in [1.807, 2.05) is 0 Å². The van der Waals surface area contributed by atoms with Crippen LogP contribution in [0.15, 0.2) is 52.2 Å². The number of carbonyl (C=O) groups is 1. The number of nitrogens with one attached hydrogen (secondary N) is 1. The SMILES string of the molecule is C/C(=N/NC(=O)c1nnn(-c2nonc2N)c1-c1ccc2c(c1)OCO2)c1ccc(C#N)cc1. The van der Waals surface area contributed by atoms with Gasteiger partial charge >= 0.3 is 0 Å². The Morgan fingerprint density at radius 3 is 2.71 bits per heavy atom. The quantitative estimate of drug-likeness (QED) is 0.330. The summed E-state index contributed by atoms with van der Waals surface area (Å²) in [6.07, 6.45) is 0. The van der Waals surface area contributed by atoms with Gasteiger partial charge in [0, 0.05) is 5.56 Å². The summed E-state index contributed by atoms with van der Waals surface area (Å²) in [6.45, 7) is 1.81. The van der Waals surface area contributed by atoms with Crippen LogP contribution in [0.25, 0.3) is 17.1 Å². The molecule has 0 bridgehead atoms. The third-order valence-electron chi connectivity index (χ3n) is 4.98. The first-order valence-corrected chi connectivity index (χ1v) is 9.84. The highest BCUT2D eigenvalue weighted by atomic mass is 16.7. The van der Waals surface area contributed by atoms with Gasteiger partial charge in [0.05, 0.1) is 17.3 Å². The molecule has 168 valence electrons. The van der Waals surface area contributed by atoms with Crippen molar-refractivity contribution in [1.82, 2.24) is 30.7 Å². The maximum Gasteiger partial charge on any atom is 0.294 e. The maximum absolute atomic E-state index is 13.1. The summed E-state index contributed by atoms with van der Waals surface area (Å²) in [5.74, 6) is 0.475. The molecule has 0 aliphatic carbocycles. The molecule has 0 radical (unpaired) electrons. The average Bonchev–Trinajstić information content (AvgIpc) is 3.60. The van der Waals surface area contributed by atoms with Gasteiger partial charge < -0.3 is 15.2 Å². The standard InChI is InChI=1S/C21H15N9O4/c1-11(13-4-2-12(9-22)3-5-13)24-26-21(31)17-18(14-6-7-15-16(8-14)33-10-32-15)30(29-25-17)20-19(23)27-34-28-20/h2-8H,10H2,1H3,(H2,23,27)(H,26,31)/b24-11-. The molecule has 3 N–H and O–H groups in total. The fraction of sp³-hybridized carbons (Fsp3) is 0.0952. The summed E-state index contributed by atoms with van der Waals surface area (Å²) in [5.41, 5.74) is 10.9. The van der Waals surface area contributed by atoms with Crippen molar-refractivity contribution < 1.29 is 18.9 Å². The van der Waals surface area contributed by atoms with Crippen LogP contribution >= 0.6 is 0 Å². The molecule has 2 aromatic heterocycles. The van der Waals surface area contributed by atoms with Crippen LogP contribution in [-0.2, 0) is 0 Å². The molecular formula is C21H15N9O4. The highest BCUT2D eigenvalue weighted by Crippen LogP contribution is 2.37. The van der Waals surface area contributed by atoms with Crippen LogP contribution in [0.3, 0.4) is 0 Å². The minimum atomic E-state index is -0.623. The van der Waals surface area contributed by atoms with E-state index in [9.17, 15) is 4.79 Å². The molecule has 3 heterocycles. The molecule has 0 atom stereocenters. The number of nitriles is 1. The summed E-state index contributed by atoms with van der Waals surface area (Å²) in [4.78, 5) is 13.1. The lowest BCUT2D eigenvalue weighted by Crippen LogP contribution is -2.21. The molecule has 1 aliphatic heterocycles. The van der Waals surface area contributed by atoms with Gasteiger partial charge in [0.25, 0.3) is 5.91 Å². The highest BCUT2D eigenvalue weighted by Gasteiger charge is 2.27. The van der Waals surface area contributed by atoms with Gasteiger partial charge in [-0.3, -0.25) is 4.79 Å². The van der Waals surface area contributed by atoms with Crippen molar-refractivity contribution in [3.8, 4) is 34.6 Å². The fourth-order valence-electron chi connectivity index (χ4n) is 3.26. The number of nitrogen functional groups attached to an aromatic ring is 1. The Labute approximate surface area is 191 Å². The summed E-state index contributed by atoms with van der Waals surface area (Å²) in [6, 6.07) is 13.9. The lowest BCUT2D eigenvalue weighted by atomic mass is 10.1. The lowest BCUT2D eigenvalue weighted by molar-refractivity contribution is 0.0950. The molecule has 4 aromatic rings. The number of carbonyl (C=O) groups excluding carboxylic acids is 1. The van der Waals surface area contributed by atoms with Crippen LogP contribution in [0, 0.1) is 11.3 Å². The molecule has 0 unspecified atom stereocenters. The largest absolute Gasteiger partial charge is 0.454 e. The normalized spacial score (nSPS) is 12.4. The molecule has 2 aromatic carbocycles. The summed E-state index contributed by atoms with van der Waals surface area (Å²) in [5, 5.41) is 28.4. The monoisotopic (exact) mass is 457 g/mol. The van der Waals surface area contributed by atoms with Gasteiger partial charge in [-0.2, -0.15) is 15.0 Å². The van der Waals surface area contributed by atoms with Gasteiger partial charge in [-0.25, -0.2) is 10.1 Å². The van der Waals surface area contributed by atoms with Gasteiger partial charge in [0.2, 0.25) is 18.4 Å². The molecule has 0 spiro atoms. The second-order valence-electron chi connectivity index (χ2n) is 7.07. The number of rotatable bonds is 5. The number of nitrogens with zero attached hydrogens (tertiary/aromatic N) is 7. The van der Waals surface area contributed by atoms with Crippen molar-refractivity contribution in [2.24, 2.45) is 5.10 Å². The zero-order chi connectivity index (χ0) is 23.7. The first-order valence-electron chi connectivity index (χ1n) is 9.84. The summed E-state index contributed by atoms with van der Waals surface area (Å²) in [7, 11) is 0. The first kappa shape index (κ1) is 20.6. The number of ether oxygens (including phenoxy) is 2. The topological polar surface area (TPSA) is 179 Å². The molecule has 0 saturated heterocycles. The molecule has 1 amide bonds. The van der Waals surface area contributed by atoms with Crippen molar-refractivity contribution >= 4 is 17.4 Å². The predicted octanol–water partition coefficient (Wildman–Crippen LogP) is 1.65. The van der Waals surface area contributed by atoms with E-state index in [0.717, 1.165) is 5.56 Å². The van der Waals surface area contributed by atoms with Gasteiger partial charge in [-0.1, -0.05) is 17.3 Å². The van der Waals surface area contributed by atoms with E-state index < -0.39 is 5.91 Å². The van der Waals surface area contributed by atoms with E-state index >= 15 is 0 Å². The number of amides is 1.